The number of benzene rings is 1. The Morgan fingerprint density at radius 2 is 2.32 bits per heavy atom. The predicted octanol–water partition coefficient (Wildman–Crippen LogP) is 3.36. The monoisotopic (exact) mass is 279 g/mol. The lowest BCUT2D eigenvalue weighted by molar-refractivity contribution is 0.184. The van der Waals surface area contributed by atoms with Crippen molar-refractivity contribution >= 4 is 17.3 Å². The number of ether oxygens (including phenoxy) is 1. The van der Waals surface area contributed by atoms with Gasteiger partial charge >= 0.3 is 0 Å². The summed E-state index contributed by atoms with van der Waals surface area (Å²) in [5.74, 6) is 0. The van der Waals surface area contributed by atoms with Gasteiger partial charge in [0.2, 0.25) is 0 Å². The van der Waals surface area contributed by atoms with E-state index in [2.05, 4.69) is 17.3 Å². The summed E-state index contributed by atoms with van der Waals surface area (Å²) in [4.78, 5) is 0. The van der Waals surface area contributed by atoms with Crippen molar-refractivity contribution in [1.82, 2.24) is 9.78 Å². The lowest BCUT2D eigenvalue weighted by Gasteiger charge is -2.20. The molecule has 1 N–H and O–H groups in total. The molecule has 0 aliphatic rings. The second kappa shape index (κ2) is 6.59. The largest absolute Gasteiger partial charge is 0.383 e. The maximum absolute atomic E-state index is 6.08. The molecule has 0 spiro atoms. The van der Waals surface area contributed by atoms with Crippen molar-refractivity contribution in [2.45, 2.75) is 19.4 Å². The Labute approximate surface area is 118 Å². The summed E-state index contributed by atoms with van der Waals surface area (Å²) in [6.07, 6.45) is 4.63. The van der Waals surface area contributed by atoms with Crippen LogP contribution in [0.5, 0.6) is 0 Å². The number of methoxy groups -OCH3 is 1. The van der Waals surface area contributed by atoms with Gasteiger partial charge in [0.1, 0.15) is 0 Å². The van der Waals surface area contributed by atoms with Gasteiger partial charge in [0.25, 0.3) is 0 Å². The van der Waals surface area contributed by atoms with Crippen molar-refractivity contribution in [3.8, 4) is 5.69 Å². The van der Waals surface area contributed by atoms with Gasteiger partial charge < -0.3 is 10.1 Å². The van der Waals surface area contributed by atoms with Gasteiger partial charge in [0, 0.05) is 30.6 Å². The Morgan fingerprint density at radius 1 is 1.47 bits per heavy atom. The van der Waals surface area contributed by atoms with Gasteiger partial charge in [0.15, 0.2) is 0 Å². The lowest BCUT2D eigenvalue weighted by Crippen LogP contribution is -2.24. The molecule has 1 unspecified atom stereocenters. The van der Waals surface area contributed by atoms with Gasteiger partial charge in [-0.05, 0) is 30.7 Å². The molecule has 0 radical (unpaired) electrons. The second-order valence-corrected chi connectivity index (χ2v) is 4.75. The van der Waals surface area contributed by atoms with E-state index in [1.54, 1.807) is 13.3 Å². The molecule has 0 saturated heterocycles. The molecule has 102 valence electrons. The Morgan fingerprint density at radius 3 is 2.95 bits per heavy atom. The van der Waals surface area contributed by atoms with Crippen molar-refractivity contribution in [2.24, 2.45) is 0 Å². The average molecular weight is 280 g/mol. The second-order valence-electron chi connectivity index (χ2n) is 4.32. The molecule has 1 heterocycles. The summed E-state index contributed by atoms with van der Waals surface area (Å²) in [5, 5.41) is 8.41. The number of halogens is 1. The molecule has 19 heavy (non-hydrogen) atoms. The summed E-state index contributed by atoms with van der Waals surface area (Å²) >= 11 is 6.08. The van der Waals surface area contributed by atoms with Gasteiger partial charge in [0.05, 0.1) is 18.0 Å². The fourth-order valence-electron chi connectivity index (χ4n) is 1.92. The minimum atomic E-state index is 0.248. The van der Waals surface area contributed by atoms with E-state index in [0.29, 0.717) is 11.6 Å². The molecule has 5 heteroatoms. The van der Waals surface area contributed by atoms with Crippen LogP contribution in [0.15, 0.2) is 36.7 Å². The normalized spacial score (nSPS) is 12.4. The van der Waals surface area contributed by atoms with Gasteiger partial charge in [-0.15, -0.1) is 0 Å². The maximum atomic E-state index is 6.08. The van der Waals surface area contributed by atoms with Gasteiger partial charge in [-0.1, -0.05) is 18.5 Å². The molecule has 0 bridgehead atoms. The van der Waals surface area contributed by atoms with Gasteiger partial charge in [-0.25, -0.2) is 4.68 Å². The molecular formula is C14H18ClN3O. The van der Waals surface area contributed by atoms with E-state index in [9.17, 15) is 0 Å². The fraction of sp³-hybridized carbons (Fsp3) is 0.357. The molecule has 2 rings (SSSR count). The molecule has 0 aliphatic heterocycles. The third kappa shape index (κ3) is 3.49. The van der Waals surface area contributed by atoms with E-state index in [0.717, 1.165) is 17.8 Å². The fourth-order valence-corrected chi connectivity index (χ4v) is 2.09. The van der Waals surface area contributed by atoms with Crippen LogP contribution < -0.4 is 5.32 Å². The first kappa shape index (κ1) is 13.9. The first-order valence-corrected chi connectivity index (χ1v) is 6.67. The van der Waals surface area contributed by atoms with E-state index in [1.807, 2.05) is 35.1 Å². The number of nitrogens with one attached hydrogen (secondary N) is 1. The number of nitrogens with zero attached hydrogens (tertiary/aromatic N) is 2. The Hall–Kier alpha value is -1.52. The highest BCUT2D eigenvalue weighted by molar-refractivity contribution is 6.31. The minimum Gasteiger partial charge on any atom is -0.383 e. The average Bonchev–Trinajstić information content (AvgIpc) is 2.92. The number of hydrogen-bond donors (Lipinski definition) is 1. The first-order valence-electron chi connectivity index (χ1n) is 6.29. The smallest absolute Gasteiger partial charge is 0.0877 e. The van der Waals surface area contributed by atoms with Crippen LogP contribution in [-0.4, -0.2) is 29.5 Å². The van der Waals surface area contributed by atoms with E-state index < -0.39 is 0 Å². The highest BCUT2D eigenvalue weighted by Crippen LogP contribution is 2.25. The molecule has 0 fully saturated rings. The molecule has 2 aromatic rings. The van der Waals surface area contributed by atoms with Crippen molar-refractivity contribution < 1.29 is 4.74 Å². The summed E-state index contributed by atoms with van der Waals surface area (Å²) in [6.45, 7) is 2.77. The lowest BCUT2D eigenvalue weighted by atomic mass is 10.2. The molecule has 0 aliphatic carbocycles. The highest BCUT2D eigenvalue weighted by Gasteiger charge is 2.11. The Balaban J connectivity index is 2.30. The van der Waals surface area contributed by atoms with Crippen LogP contribution >= 0.6 is 11.6 Å². The zero-order chi connectivity index (χ0) is 13.7. The van der Waals surface area contributed by atoms with Crippen LogP contribution in [0.3, 0.4) is 0 Å². The van der Waals surface area contributed by atoms with Crippen LogP contribution in [0.1, 0.15) is 13.3 Å². The van der Waals surface area contributed by atoms with Crippen molar-refractivity contribution in [3.05, 3.63) is 41.7 Å². The summed E-state index contributed by atoms with van der Waals surface area (Å²) in [7, 11) is 1.71. The quantitative estimate of drug-likeness (QED) is 0.881. The van der Waals surface area contributed by atoms with Crippen LogP contribution in [0.2, 0.25) is 5.02 Å². The van der Waals surface area contributed by atoms with E-state index in [-0.39, 0.29) is 6.04 Å². The number of rotatable bonds is 6. The van der Waals surface area contributed by atoms with Crippen LogP contribution in [0, 0.1) is 0 Å². The minimum absolute atomic E-state index is 0.248. The van der Waals surface area contributed by atoms with Crippen molar-refractivity contribution in [3.63, 3.8) is 0 Å². The van der Waals surface area contributed by atoms with E-state index >= 15 is 0 Å². The predicted molar refractivity (Wildman–Crippen MR) is 78.2 cm³/mol. The van der Waals surface area contributed by atoms with Gasteiger partial charge in [-0.2, -0.15) is 5.10 Å². The standard InChI is InChI=1S/C14H18ClN3O/c1-3-12(10-19-2)17-13-9-11(15)5-6-14(13)18-8-4-7-16-18/h4-9,12,17H,3,10H2,1-2H3. The number of aromatic nitrogens is 2. The third-order valence-electron chi connectivity index (χ3n) is 2.93. The first-order chi connectivity index (χ1) is 9.24. The van der Waals surface area contributed by atoms with Crippen molar-refractivity contribution in [1.29, 1.82) is 0 Å². The Bertz CT molecular complexity index is 513. The zero-order valence-corrected chi connectivity index (χ0v) is 11.9. The zero-order valence-electron chi connectivity index (χ0n) is 11.1. The molecule has 4 nitrogen and oxygen atoms in total. The summed E-state index contributed by atoms with van der Waals surface area (Å²) in [6, 6.07) is 7.87. The van der Waals surface area contributed by atoms with E-state index in [1.165, 1.54) is 0 Å². The maximum Gasteiger partial charge on any atom is 0.0877 e. The van der Waals surface area contributed by atoms with E-state index in [4.69, 9.17) is 16.3 Å². The molecule has 1 aromatic heterocycles. The van der Waals surface area contributed by atoms with Crippen LogP contribution in [-0.2, 0) is 4.74 Å². The molecule has 1 aromatic carbocycles. The number of hydrogen-bond acceptors (Lipinski definition) is 3. The van der Waals surface area contributed by atoms with Crippen LogP contribution in [0.25, 0.3) is 5.69 Å². The summed E-state index contributed by atoms with van der Waals surface area (Å²) in [5.41, 5.74) is 1.93. The molecular weight excluding hydrogens is 262 g/mol. The molecule has 0 amide bonds. The molecule has 1 atom stereocenters. The van der Waals surface area contributed by atoms with Crippen LogP contribution in [0.4, 0.5) is 5.69 Å². The Kier molecular flexibility index (Phi) is 4.82. The molecule has 0 saturated carbocycles. The van der Waals surface area contributed by atoms with Gasteiger partial charge in [-0.3, -0.25) is 0 Å². The topological polar surface area (TPSA) is 39.1 Å². The SMILES string of the molecule is CCC(COC)Nc1cc(Cl)ccc1-n1cccn1. The number of anilines is 1. The third-order valence-corrected chi connectivity index (χ3v) is 3.17. The summed E-state index contributed by atoms with van der Waals surface area (Å²) < 4.78 is 7.03. The van der Waals surface area contributed by atoms with Crippen molar-refractivity contribution in [2.75, 3.05) is 19.0 Å². The highest BCUT2D eigenvalue weighted by atomic mass is 35.5.